The third-order valence-corrected chi connectivity index (χ3v) is 4.02. The molecule has 0 fully saturated rings. The van der Waals surface area contributed by atoms with Crippen LogP contribution in [0.25, 0.3) is 10.2 Å². The molecule has 0 saturated heterocycles. The van der Waals surface area contributed by atoms with E-state index in [9.17, 15) is 13.2 Å². The van der Waals surface area contributed by atoms with Crippen LogP contribution in [0.3, 0.4) is 0 Å². The van der Waals surface area contributed by atoms with Gasteiger partial charge in [-0.2, -0.15) is 13.2 Å². The van der Waals surface area contributed by atoms with Crippen molar-refractivity contribution in [3.63, 3.8) is 0 Å². The molecule has 0 aliphatic carbocycles. The van der Waals surface area contributed by atoms with Crippen LogP contribution in [0.4, 0.5) is 13.2 Å². The summed E-state index contributed by atoms with van der Waals surface area (Å²) in [5.74, 6) is 0.182. The lowest BCUT2D eigenvalue weighted by molar-refractivity contribution is -0.137. The summed E-state index contributed by atoms with van der Waals surface area (Å²) in [6.45, 7) is 2.53. The molecule has 2 rings (SSSR count). The molecule has 0 amide bonds. The van der Waals surface area contributed by atoms with Gasteiger partial charge in [0, 0.05) is 5.92 Å². The predicted octanol–water partition coefficient (Wildman–Crippen LogP) is 3.77. The fourth-order valence-electron chi connectivity index (χ4n) is 1.71. The molecule has 0 bridgehead atoms. The van der Waals surface area contributed by atoms with Gasteiger partial charge in [0.1, 0.15) is 0 Å². The number of rotatable bonds is 3. The molecule has 98 valence electrons. The minimum atomic E-state index is -4.32. The number of benzene rings is 1. The number of alkyl halides is 3. The number of hydrogen-bond donors (Lipinski definition) is 1. The van der Waals surface area contributed by atoms with Crippen LogP contribution < -0.4 is 5.73 Å². The molecule has 2 N–H and O–H groups in total. The van der Waals surface area contributed by atoms with Crippen LogP contribution in [0.5, 0.6) is 0 Å². The molecule has 1 heterocycles. The first kappa shape index (κ1) is 13.3. The zero-order valence-electron chi connectivity index (χ0n) is 9.79. The molecule has 2 nitrogen and oxygen atoms in total. The maximum absolute atomic E-state index is 12.6. The van der Waals surface area contributed by atoms with E-state index in [-0.39, 0.29) is 5.92 Å². The topological polar surface area (TPSA) is 38.9 Å². The number of thiazole rings is 1. The first-order valence-corrected chi connectivity index (χ1v) is 6.41. The van der Waals surface area contributed by atoms with Crippen LogP contribution in [0.1, 0.15) is 29.8 Å². The molecule has 1 unspecified atom stereocenters. The molecule has 0 spiro atoms. The quantitative estimate of drug-likeness (QED) is 0.925. The van der Waals surface area contributed by atoms with Crippen molar-refractivity contribution in [1.29, 1.82) is 0 Å². The number of fused-ring (bicyclic) bond motifs is 1. The van der Waals surface area contributed by atoms with Crippen molar-refractivity contribution < 1.29 is 13.2 Å². The maximum Gasteiger partial charge on any atom is 0.416 e. The Bertz CT molecular complexity index is 548. The largest absolute Gasteiger partial charge is 0.416 e. The molecule has 0 aliphatic rings. The molecule has 1 atom stereocenters. The van der Waals surface area contributed by atoms with Gasteiger partial charge in [-0.05, 0) is 31.2 Å². The molecule has 0 aliphatic heterocycles. The van der Waals surface area contributed by atoms with Crippen LogP contribution in [-0.2, 0) is 6.18 Å². The summed E-state index contributed by atoms with van der Waals surface area (Å²) in [7, 11) is 0. The van der Waals surface area contributed by atoms with Crippen molar-refractivity contribution in [2.75, 3.05) is 6.54 Å². The second-order valence-corrected chi connectivity index (χ2v) is 5.27. The van der Waals surface area contributed by atoms with Gasteiger partial charge in [-0.1, -0.05) is 6.92 Å². The van der Waals surface area contributed by atoms with Crippen molar-refractivity contribution in [1.82, 2.24) is 4.98 Å². The van der Waals surface area contributed by atoms with Gasteiger partial charge in [0.15, 0.2) is 0 Å². The Morgan fingerprint density at radius 2 is 2.11 bits per heavy atom. The Morgan fingerprint density at radius 1 is 1.39 bits per heavy atom. The van der Waals surface area contributed by atoms with Crippen LogP contribution in [0.2, 0.25) is 0 Å². The fraction of sp³-hybridized carbons (Fsp3) is 0.417. The van der Waals surface area contributed by atoms with E-state index >= 15 is 0 Å². The molecular weight excluding hydrogens is 261 g/mol. The SMILES string of the molecule is CC(CCN)c1nc2cc(C(F)(F)F)ccc2s1. The van der Waals surface area contributed by atoms with Crippen molar-refractivity contribution in [2.24, 2.45) is 5.73 Å². The lowest BCUT2D eigenvalue weighted by Gasteiger charge is -2.05. The predicted molar refractivity (Wildman–Crippen MR) is 66.7 cm³/mol. The summed E-state index contributed by atoms with van der Waals surface area (Å²) in [6, 6.07) is 3.68. The van der Waals surface area contributed by atoms with E-state index in [4.69, 9.17) is 5.73 Å². The molecular formula is C12H13F3N2S. The average molecular weight is 274 g/mol. The minimum absolute atomic E-state index is 0.182. The van der Waals surface area contributed by atoms with Gasteiger partial charge >= 0.3 is 6.18 Å². The van der Waals surface area contributed by atoms with E-state index in [1.807, 2.05) is 6.92 Å². The lowest BCUT2D eigenvalue weighted by atomic mass is 10.1. The zero-order chi connectivity index (χ0) is 13.3. The van der Waals surface area contributed by atoms with Gasteiger partial charge < -0.3 is 5.73 Å². The maximum atomic E-state index is 12.6. The Kier molecular flexibility index (Phi) is 3.59. The number of hydrogen-bond acceptors (Lipinski definition) is 3. The highest BCUT2D eigenvalue weighted by atomic mass is 32.1. The fourth-order valence-corrected chi connectivity index (χ4v) is 2.74. The number of nitrogens with two attached hydrogens (primary N) is 1. The van der Waals surface area contributed by atoms with E-state index in [2.05, 4.69) is 4.98 Å². The molecule has 0 saturated carbocycles. The third-order valence-electron chi connectivity index (χ3n) is 2.75. The number of aromatic nitrogens is 1. The van der Waals surface area contributed by atoms with Crippen LogP contribution >= 0.6 is 11.3 Å². The van der Waals surface area contributed by atoms with E-state index < -0.39 is 11.7 Å². The van der Waals surface area contributed by atoms with E-state index in [1.165, 1.54) is 17.4 Å². The monoisotopic (exact) mass is 274 g/mol. The average Bonchev–Trinajstić information content (AvgIpc) is 2.70. The van der Waals surface area contributed by atoms with Crippen LogP contribution in [0.15, 0.2) is 18.2 Å². The third kappa shape index (κ3) is 2.64. The van der Waals surface area contributed by atoms with Gasteiger partial charge in [0.2, 0.25) is 0 Å². The lowest BCUT2D eigenvalue weighted by Crippen LogP contribution is -2.04. The molecule has 6 heteroatoms. The first-order valence-electron chi connectivity index (χ1n) is 5.59. The summed E-state index contributed by atoms with van der Waals surface area (Å²) < 4.78 is 38.5. The molecule has 1 aromatic carbocycles. The van der Waals surface area contributed by atoms with Crippen LogP contribution in [0, 0.1) is 0 Å². The summed E-state index contributed by atoms with van der Waals surface area (Å²) in [4.78, 5) is 4.27. The highest BCUT2D eigenvalue weighted by Crippen LogP contribution is 2.34. The normalized spacial score (nSPS) is 14.1. The highest BCUT2D eigenvalue weighted by molar-refractivity contribution is 7.18. The van der Waals surface area contributed by atoms with Gasteiger partial charge in [0.05, 0.1) is 20.8 Å². The van der Waals surface area contributed by atoms with Crippen molar-refractivity contribution in [3.8, 4) is 0 Å². The van der Waals surface area contributed by atoms with Crippen molar-refractivity contribution in [2.45, 2.75) is 25.4 Å². The summed E-state index contributed by atoms with van der Waals surface area (Å²) in [6.07, 6.45) is -3.53. The second kappa shape index (κ2) is 4.85. The van der Waals surface area contributed by atoms with Crippen molar-refractivity contribution in [3.05, 3.63) is 28.8 Å². The molecule has 18 heavy (non-hydrogen) atoms. The Labute approximate surface area is 107 Å². The van der Waals surface area contributed by atoms with Gasteiger partial charge in [-0.25, -0.2) is 4.98 Å². The smallest absolute Gasteiger partial charge is 0.330 e. The Balaban J connectivity index is 2.40. The Hall–Kier alpha value is -1.14. The summed E-state index contributed by atoms with van der Waals surface area (Å²) in [5, 5.41) is 0.842. The molecule has 1 aromatic heterocycles. The summed E-state index contributed by atoms with van der Waals surface area (Å²) in [5.41, 5.74) is 5.23. The first-order chi connectivity index (χ1) is 8.41. The minimum Gasteiger partial charge on any atom is -0.330 e. The van der Waals surface area contributed by atoms with Gasteiger partial charge in [0.25, 0.3) is 0 Å². The Morgan fingerprint density at radius 3 is 2.72 bits per heavy atom. The van der Waals surface area contributed by atoms with Crippen LogP contribution in [-0.4, -0.2) is 11.5 Å². The zero-order valence-corrected chi connectivity index (χ0v) is 10.6. The van der Waals surface area contributed by atoms with E-state index in [0.717, 1.165) is 28.3 Å². The van der Waals surface area contributed by atoms with Crippen molar-refractivity contribution >= 4 is 21.6 Å². The number of nitrogens with zero attached hydrogens (tertiary/aromatic N) is 1. The van der Waals surface area contributed by atoms with E-state index in [1.54, 1.807) is 0 Å². The molecule has 2 aromatic rings. The van der Waals surface area contributed by atoms with Gasteiger partial charge in [-0.15, -0.1) is 11.3 Å². The van der Waals surface area contributed by atoms with E-state index in [0.29, 0.717) is 12.1 Å². The summed E-state index contributed by atoms with van der Waals surface area (Å²) >= 11 is 1.43. The molecule has 0 radical (unpaired) electrons. The second-order valence-electron chi connectivity index (χ2n) is 4.21. The van der Waals surface area contributed by atoms with Gasteiger partial charge in [-0.3, -0.25) is 0 Å². The number of halogens is 3. The highest BCUT2D eigenvalue weighted by Gasteiger charge is 2.30. The standard InChI is InChI=1S/C12H13F3N2S/c1-7(4-5-16)11-17-9-6-8(12(13,14)15)2-3-10(9)18-11/h2-3,6-7H,4-5,16H2,1H3.